The Hall–Kier alpha value is -6.40. The van der Waals surface area contributed by atoms with Crippen LogP contribution in [0.2, 0.25) is 0 Å². The number of aliphatic carboxylic acids is 1. The number of thiophene rings is 1. The summed E-state index contributed by atoms with van der Waals surface area (Å²) in [6.07, 6.45) is 2.45. The van der Waals surface area contributed by atoms with Gasteiger partial charge < -0.3 is 26.4 Å². The van der Waals surface area contributed by atoms with E-state index in [0.717, 1.165) is 40.0 Å². The van der Waals surface area contributed by atoms with Crippen molar-refractivity contribution in [3.8, 4) is 11.1 Å². The maximum atomic E-state index is 14.6. The normalized spacial score (nSPS) is 23.0. The number of nitrogens with one attached hydrogen (secondary N) is 4. The molecule has 3 aliphatic rings. The van der Waals surface area contributed by atoms with E-state index in [2.05, 4.69) is 21.3 Å². The molecule has 2 bridgehead atoms. The lowest BCUT2D eigenvalue weighted by molar-refractivity contribution is -0.144. The summed E-state index contributed by atoms with van der Waals surface area (Å²) >= 11 is 1.43. The summed E-state index contributed by atoms with van der Waals surface area (Å²) in [6.45, 7) is 0. The summed E-state index contributed by atoms with van der Waals surface area (Å²) in [6, 6.07) is 33.8. The molecule has 12 heteroatoms. The molecule has 11 nitrogen and oxygen atoms in total. The number of benzene rings is 4. The number of hydrogen-bond acceptors (Lipinski definition) is 7. The van der Waals surface area contributed by atoms with E-state index in [0.29, 0.717) is 24.1 Å². The van der Waals surface area contributed by atoms with Gasteiger partial charge in [0.25, 0.3) is 0 Å². The first-order valence-electron chi connectivity index (χ1n) is 20.9. The summed E-state index contributed by atoms with van der Waals surface area (Å²) in [5.41, 5.74) is 4.63. The molecule has 6 atom stereocenters. The van der Waals surface area contributed by atoms with Gasteiger partial charge in [0.2, 0.25) is 23.6 Å². The average Bonchev–Trinajstić information content (AvgIpc) is 3.80. The van der Waals surface area contributed by atoms with Crippen LogP contribution in [0.4, 0.5) is 5.69 Å². The number of carboxylic acids is 1. The Morgan fingerprint density at radius 2 is 1.11 bits per heavy atom. The van der Waals surface area contributed by atoms with E-state index in [1.165, 1.54) is 11.3 Å². The van der Waals surface area contributed by atoms with Crippen LogP contribution >= 0.6 is 11.3 Å². The molecule has 4 amide bonds. The number of ketones is 1. The predicted octanol–water partition coefficient (Wildman–Crippen LogP) is 6.56. The molecule has 0 spiro atoms. The number of fused-ring (bicyclic) bond motifs is 15. The molecule has 2 aliphatic heterocycles. The molecule has 3 heterocycles. The minimum Gasteiger partial charge on any atom is -0.481 e. The molecule has 1 fully saturated rings. The smallest absolute Gasteiger partial charge is 0.307 e. The zero-order valence-electron chi connectivity index (χ0n) is 33.8. The second-order valence-electron chi connectivity index (χ2n) is 16.0. The quantitative estimate of drug-likeness (QED) is 0.110. The minimum absolute atomic E-state index is 0.0372. The summed E-state index contributed by atoms with van der Waals surface area (Å²) in [5.74, 6) is -6.02. The van der Waals surface area contributed by atoms with E-state index < -0.39 is 65.4 Å². The van der Waals surface area contributed by atoms with Crippen LogP contribution in [-0.2, 0) is 54.5 Å². The van der Waals surface area contributed by atoms with Crippen LogP contribution in [0.15, 0.2) is 127 Å². The van der Waals surface area contributed by atoms with Crippen molar-refractivity contribution in [1.29, 1.82) is 0 Å². The maximum absolute atomic E-state index is 14.6. The number of carbonyl (C=O) groups is 6. The zero-order chi connectivity index (χ0) is 42.7. The van der Waals surface area contributed by atoms with E-state index in [9.17, 15) is 33.9 Å². The van der Waals surface area contributed by atoms with Gasteiger partial charge in [0.1, 0.15) is 12.1 Å². The van der Waals surface area contributed by atoms with E-state index >= 15 is 0 Å². The van der Waals surface area contributed by atoms with E-state index in [4.69, 9.17) is 0 Å². The van der Waals surface area contributed by atoms with Gasteiger partial charge in [0.15, 0.2) is 5.78 Å². The number of hydrogen-bond donors (Lipinski definition) is 5. The lowest BCUT2D eigenvalue weighted by Gasteiger charge is -2.31. The van der Waals surface area contributed by atoms with Crippen LogP contribution in [0.5, 0.6) is 0 Å². The van der Waals surface area contributed by atoms with Crippen LogP contribution in [0, 0.1) is 17.8 Å². The molecule has 61 heavy (non-hydrogen) atoms. The largest absolute Gasteiger partial charge is 0.481 e. The van der Waals surface area contributed by atoms with Gasteiger partial charge in [-0.15, -0.1) is 11.3 Å². The average molecular weight is 839 g/mol. The van der Waals surface area contributed by atoms with Gasteiger partial charge in [-0.3, -0.25) is 28.8 Å². The van der Waals surface area contributed by atoms with Gasteiger partial charge in [-0.05, 0) is 77.1 Å². The number of rotatable bonds is 8. The highest BCUT2D eigenvalue weighted by Gasteiger charge is 2.38. The monoisotopic (exact) mass is 838 g/mol. The molecule has 1 aliphatic carbocycles. The molecule has 314 valence electrons. The fourth-order valence-electron chi connectivity index (χ4n) is 8.30. The van der Waals surface area contributed by atoms with Crippen molar-refractivity contribution < 1.29 is 33.9 Å². The van der Waals surface area contributed by atoms with Gasteiger partial charge >= 0.3 is 5.97 Å². The number of anilines is 1. The number of carboxylic acid groups (broad SMARTS) is 1. The second-order valence-corrected chi connectivity index (χ2v) is 17.0. The van der Waals surface area contributed by atoms with Crippen LogP contribution in [-0.4, -0.2) is 58.6 Å². The van der Waals surface area contributed by atoms with Gasteiger partial charge in [-0.1, -0.05) is 116 Å². The third-order valence-electron chi connectivity index (χ3n) is 11.7. The third kappa shape index (κ3) is 11.5. The summed E-state index contributed by atoms with van der Waals surface area (Å²) in [5, 5.41) is 24.0. The van der Waals surface area contributed by atoms with E-state index in [1.54, 1.807) is 24.3 Å². The molecule has 5 aromatic rings. The molecule has 8 rings (SSSR count). The van der Waals surface area contributed by atoms with Crippen LogP contribution in [0.1, 0.15) is 53.7 Å². The van der Waals surface area contributed by atoms with Crippen molar-refractivity contribution in [2.24, 2.45) is 17.8 Å². The zero-order valence-corrected chi connectivity index (χ0v) is 34.6. The Balaban J connectivity index is 1.25. The highest BCUT2D eigenvalue weighted by molar-refractivity contribution is 7.09. The SMILES string of the molecule is O=C(O)[C@H]1CC(=O)[C@@H](Cc2ccccc2)NC(=O)[C@H](Cc2ccc(-c3ccccc3)cc2)NC(=O)[C@@H](Cc2cccs2)NC(=O)[C@H]2CCCC[C@H]2C(=O)Nc2ccc(cc2)C1. The Kier molecular flexibility index (Phi) is 14.2. The highest BCUT2D eigenvalue weighted by Crippen LogP contribution is 2.32. The van der Waals surface area contributed by atoms with Gasteiger partial charge in [-0.2, -0.15) is 0 Å². The first-order valence-corrected chi connectivity index (χ1v) is 21.7. The van der Waals surface area contributed by atoms with E-state index in [-0.39, 0.29) is 38.0 Å². The predicted molar refractivity (Wildman–Crippen MR) is 235 cm³/mol. The van der Waals surface area contributed by atoms with Crippen LogP contribution in [0.25, 0.3) is 11.1 Å². The van der Waals surface area contributed by atoms with Crippen molar-refractivity contribution in [3.05, 3.63) is 148 Å². The Morgan fingerprint density at radius 3 is 1.75 bits per heavy atom. The lowest BCUT2D eigenvalue weighted by Crippen LogP contribution is -2.58. The standard InChI is InChI=1S/C49H50N4O7S/c54-44-29-36(49(59)60)26-32-19-23-37(24-20-32)50-45(55)39-15-7-8-16-40(39)46(56)52-43(30-38-14-9-25-61-38)48(58)53-42(47(57)51-41(44)27-31-10-3-1-4-11-31)28-33-17-21-35(22-18-33)34-12-5-2-6-13-34/h1-6,9-14,17-25,36,39-43H,7-8,15-16,26-30H2,(H,50,55)(H,51,57)(H,52,56)(H,53,58)(H,59,60)/t36-,39-,40+,41-,42+,43-/m1/s1. The summed E-state index contributed by atoms with van der Waals surface area (Å²) < 4.78 is 0. The van der Waals surface area contributed by atoms with Crippen molar-refractivity contribution in [2.75, 3.05) is 5.32 Å². The van der Waals surface area contributed by atoms with Crippen LogP contribution in [0.3, 0.4) is 0 Å². The van der Waals surface area contributed by atoms with Crippen LogP contribution < -0.4 is 21.3 Å². The Labute approximate surface area is 359 Å². The molecule has 1 aromatic heterocycles. The Bertz CT molecular complexity index is 2300. The van der Waals surface area contributed by atoms with Crippen molar-refractivity contribution in [2.45, 2.75) is 75.9 Å². The number of carbonyl (C=O) groups excluding carboxylic acids is 5. The fraction of sp³-hybridized carbons (Fsp3) is 0.306. The molecule has 5 N–H and O–H groups in total. The third-order valence-corrected chi connectivity index (χ3v) is 12.6. The topological polar surface area (TPSA) is 171 Å². The summed E-state index contributed by atoms with van der Waals surface area (Å²) in [4.78, 5) is 84.8. The maximum Gasteiger partial charge on any atom is 0.307 e. The van der Waals surface area contributed by atoms with Gasteiger partial charge in [-0.25, -0.2) is 0 Å². The molecular weight excluding hydrogens is 789 g/mol. The van der Waals surface area contributed by atoms with Gasteiger partial charge in [0.05, 0.1) is 12.0 Å². The van der Waals surface area contributed by atoms with Crippen molar-refractivity contribution >= 4 is 52.4 Å². The molecule has 4 aromatic carbocycles. The first kappa shape index (κ1) is 42.7. The number of amides is 4. The van der Waals surface area contributed by atoms with E-state index in [1.807, 2.05) is 102 Å². The lowest BCUT2D eigenvalue weighted by atomic mass is 9.78. The van der Waals surface area contributed by atoms with Crippen molar-refractivity contribution in [3.63, 3.8) is 0 Å². The molecule has 0 radical (unpaired) electrons. The summed E-state index contributed by atoms with van der Waals surface area (Å²) in [7, 11) is 0. The molecular formula is C49H50N4O7S. The molecule has 1 saturated carbocycles. The first-order chi connectivity index (χ1) is 29.6. The molecule has 0 unspecified atom stereocenters. The number of Topliss-reactive ketones (excluding diaryl/α,β-unsaturated/α-hetero) is 1. The highest BCUT2D eigenvalue weighted by atomic mass is 32.1. The fourth-order valence-corrected chi connectivity index (χ4v) is 9.05. The van der Waals surface area contributed by atoms with Crippen molar-refractivity contribution in [1.82, 2.24) is 16.0 Å². The minimum atomic E-state index is -1.19. The van der Waals surface area contributed by atoms with Gasteiger partial charge in [0, 0.05) is 41.7 Å². The molecule has 0 saturated heterocycles. The second kappa shape index (κ2) is 20.2. The Morgan fingerprint density at radius 1 is 0.557 bits per heavy atom.